The van der Waals surface area contributed by atoms with Crippen LogP contribution in [0.5, 0.6) is 5.75 Å². The largest absolute Gasteiger partial charge is 0.495 e. The molecule has 0 spiro atoms. The fourth-order valence-electron chi connectivity index (χ4n) is 1.55. The van der Waals surface area contributed by atoms with Gasteiger partial charge in [0, 0.05) is 11.6 Å². The summed E-state index contributed by atoms with van der Waals surface area (Å²) in [5, 5.41) is 15.1. The zero-order valence-corrected chi connectivity index (χ0v) is 12.6. The van der Waals surface area contributed by atoms with Gasteiger partial charge >= 0.3 is 0 Å². The van der Waals surface area contributed by atoms with Gasteiger partial charge in [-0.1, -0.05) is 11.6 Å². The quantitative estimate of drug-likeness (QED) is 0.748. The number of nitrogens with one attached hydrogen (secondary N) is 2. The Morgan fingerprint density at radius 1 is 1.19 bits per heavy atom. The van der Waals surface area contributed by atoms with Crippen LogP contribution < -0.4 is 15.4 Å². The molecule has 0 aliphatic rings. The van der Waals surface area contributed by atoms with Crippen LogP contribution in [-0.2, 0) is 0 Å². The highest BCUT2D eigenvalue weighted by Gasteiger charge is 2.09. The van der Waals surface area contributed by atoms with Gasteiger partial charge in [-0.3, -0.25) is 0 Å². The van der Waals surface area contributed by atoms with Crippen LogP contribution >= 0.6 is 23.2 Å². The Labute approximate surface area is 131 Å². The molecule has 112 valence electrons. The fraction of sp³-hybridized carbons (Fsp3) is 0.250. The van der Waals surface area contributed by atoms with E-state index in [0.717, 1.165) is 0 Å². The highest BCUT2D eigenvalue weighted by Crippen LogP contribution is 2.29. The smallest absolute Gasteiger partial charge is 0.233 e. The van der Waals surface area contributed by atoms with E-state index in [1.165, 1.54) is 0 Å². The van der Waals surface area contributed by atoms with E-state index in [4.69, 9.17) is 33.0 Å². The minimum atomic E-state index is -0.0474. The van der Waals surface area contributed by atoms with Crippen molar-refractivity contribution in [3.8, 4) is 5.75 Å². The van der Waals surface area contributed by atoms with Crippen LogP contribution in [0.3, 0.4) is 0 Å². The molecule has 0 amide bonds. The second-order valence-corrected chi connectivity index (χ2v) is 4.65. The number of aliphatic hydroxyl groups excluding tert-OH is 1. The van der Waals surface area contributed by atoms with E-state index in [1.54, 1.807) is 25.3 Å². The molecule has 2 aromatic rings. The first-order valence-electron chi connectivity index (χ1n) is 5.99. The Morgan fingerprint density at radius 3 is 2.67 bits per heavy atom. The molecule has 1 heterocycles. The molecule has 0 saturated carbocycles. The van der Waals surface area contributed by atoms with Crippen molar-refractivity contribution < 1.29 is 9.84 Å². The summed E-state index contributed by atoms with van der Waals surface area (Å²) in [6.07, 6.45) is 0. The zero-order chi connectivity index (χ0) is 15.2. The molecule has 1 aromatic carbocycles. The van der Waals surface area contributed by atoms with Crippen LogP contribution in [0.4, 0.5) is 17.6 Å². The van der Waals surface area contributed by atoms with Crippen LogP contribution in [0.1, 0.15) is 0 Å². The third-order valence-corrected chi connectivity index (χ3v) is 2.82. The van der Waals surface area contributed by atoms with Gasteiger partial charge < -0.3 is 20.5 Å². The molecule has 0 saturated heterocycles. The van der Waals surface area contributed by atoms with Crippen molar-refractivity contribution in [1.82, 2.24) is 15.0 Å². The van der Waals surface area contributed by atoms with Crippen molar-refractivity contribution in [2.75, 3.05) is 30.9 Å². The lowest BCUT2D eigenvalue weighted by molar-refractivity contribution is 0.311. The predicted octanol–water partition coefficient (Wildman–Crippen LogP) is 2.33. The lowest BCUT2D eigenvalue weighted by Crippen LogP contribution is -2.10. The van der Waals surface area contributed by atoms with Gasteiger partial charge in [0.2, 0.25) is 17.2 Å². The summed E-state index contributed by atoms with van der Waals surface area (Å²) in [4.78, 5) is 12.0. The van der Waals surface area contributed by atoms with Gasteiger partial charge in [0.15, 0.2) is 0 Å². The van der Waals surface area contributed by atoms with Gasteiger partial charge in [0.05, 0.1) is 19.4 Å². The van der Waals surface area contributed by atoms with Crippen LogP contribution in [0.25, 0.3) is 0 Å². The maximum absolute atomic E-state index is 8.79. The van der Waals surface area contributed by atoms with Gasteiger partial charge in [-0.25, -0.2) is 0 Å². The summed E-state index contributed by atoms with van der Waals surface area (Å²) in [6.45, 7) is 0.258. The van der Waals surface area contributed by atoms with Gasteiger partial charge in [-0.15, -0.1) is 0 Å². The van der Waals surface area contributed by atoms with Crippen molar-refractivity contribution in [3.63, 3.8) is 0 Å². The number of anilines is 3. The monoisotopic (exact) mass is 329 g/mol. The van der Waals surface area contributed by atoms with Crippen LogP contribution in [0.15, 0.2) is 18.2 Å². The lowest BCUT2D eigenvalue weighted by atomic mass is 10.3. The molecule has 0 aliphatic heterocycles. The van der Waals surface area contributed by atoms with Crippen LogP contribution in [-0.4, -0.2) is 40.3 Å². The number of methoxy groups -OCH3 is 1. The summed E-state index contributed by atoms with van der Waals surface area (Å²) in [5.41, 5.74) is 0.598. The molecule has 21 heavy (non-hydrogen) atoms. The van der Waals surface area contributed by atoms with E-state index in [9.17, 15) is 0 Å². The second-order valence-electron chi connectivity index (χ2n) is 3.87. The zero-order valence-electron chi connectivity index (χ0n) is 11.1. The van der Waals surface area contributed by atoms with Crippen molar-refractivity contribution in [2.45, 2.75) is 0 Å². The van der Waals surface area contributed by atoms with Crippen molar-refractivity contribution in [2.24, 2.45) is 0 Å². The first-order chi connectivity index (χ1) is 10.1. The second kappa shape index (κ2) is 7.26. The molecule has 0 atom stereocenters. The third-order valence-electron chi connectivity index (χ3n) is 2.41. The topological polar surface area (TPSA) is 92.2 Å². The number of nitrogens with zero attached hydrogens (tertiary/aromatic N) is 3. The van der Waals surface area contributed by atoms with Gasteiger partial charge in [-0.2, -0.15) is 15.0 Å². The molecule has 3 N–H and O–H groups in total. The van der Waals surface area contributed by atoms with Crippen molar-refractivity contribution >= 4 is 40.8 Å². The molecule has 0 unspecified atom stereocenters. The molecule has 0 bridgehead atoms. The van der Waals surface area contributed by atoms with E-state index >= 15 is 0 Å². The number of hydrogen-bond donors (Lipinski definition) is 3. The third kappa shape index (κ3) is 4.32. The Balaban J connectivity index is 2.26. The number of ether oxygens (including phenoxy) is 1. The van der Waals surface area contributed by atoms with E-state index in [2.05, 4.69) is 25.6 Å². The molecular formula is C12H13Cl2N5O2. The number of aliphatic hydroxyl groups is 1. The molecule has 1 aromatic heterocycles. The Morgan fingerprint density at radius 2 is 1.95 bits per heavy atom. The number of rotatable bonds is 6. The molecule has 2 rings (SSSR count). The average molecular weight is 330 g/mol. The first-order valence-corrected chi connectivity index (χ1v) is 6.75. The van der Waals surface area contributed by atoms with Gasteiger partial charge in [0.25, 0.3) is 0 Å². The maximum atomic E-state index is 8.79. The van der Waals surface area contributed by atoms with Crippen LogP contribution in [0, 0.1) is 0 Å². The highest BCUT2D eigenvalue weighted by atomic mass is 35.5. The van der Waals surface area contributed by atoms with E-state index in [1.807, 2.05) is 0 Å². The van der Waals surface area contributed by atoms with Crippen LogP contribution in [0.2, 0.25) is 10.3 Å². The standard InChI is InChI=1S/C12H13Cl2N5O2/c1-21-9-3-2-7(13)6-8(9)16-12-18-10(14)17-11(19-12)15-4-5-20/h2-3,6,20H,4-5H2,1H3,(H2,15,16,17,18,19). The summed E-state index contributed by atoms with van der Waals surface area (Å²) in [6, 6.07) is 5.11. The summed E-state index contributed by atoms with van der Waals surface area (Å²) >= 11 is 11.8. The molecule has 0 aliphatic carbocycles. The van der Waals surface area contributed by atoms with Crippen molar-refractivity contribution in [3.05, 3.63) is 28.5 Å². The SMILES string of the molecule is COc1ccc(Cl)cc1Nc1nc(Cl)nc(NCCO)n1. The van der Waals surface area contributed by atoms with Gasteiger partial charge in [0.1, 0.15) is 5.75 Å². The summed E-state index contributed by atoms with van der Waals surface area (Å²) in [7, 11) is 1.54. The summed E-state index contributed by atoms with van der Waals surface area (Å²) in [5.74, 6) is 1.07. The van der Waals surface area contributed by atoms with E-state index in [0.29, 0.717) is 23.0 Å². The number of benzene rings is 1. The van der Waals surface area contributed by atoms with Crippen molar-refractivity contribution in [1.29, 1.82) is 0 Å². The average Bonchev–Trinajstić information content (AvgIpc) is 2.45. The van der Waals surface area contributed by atoms with E-state index < -0.39 is 0 Å². The lowest BCUT2D eigenvalue weighted by Gasteiger charge is -2.11. The molecule has 0 radical (unpaired) electrons. The highest BCUT2D eigenvalue weighted by molar-refractivity contribution is 6.31. The number of aromatic nitrogens is 3. The minimum absolute atomic E-state index is 0.0222. The first kappa shape index (κ1) is 15.6. The summed E-state index contributed by atoms with van der Waals surface area (Å²) < 4.78 is 5.22. The van der Waals surface area contributed by atoms with Gasteiger partial charge in [-0.05, 0) is 29.8 Å². The Kier molecular flexibility index (Phi) is 5.38. The molecule has 9 heteroatoms. The molecular weight excluding hydrogens is 317 g/mol. The van der Waals surface area contributed by atoms with E-state index in [-0.39, 0.29) is 23.8 Å². The normalized spacial score (nSPS) is 10.3. The number of halogens is 2. The predicted molar refractivity (Wildman–Crippen MR) is 81.7 cm³/mol. The number of hydrogen-bond acceptors (Lipinski definition) is 7. The fourth-order valence-corrected chi connectivity index (χ4v) is 1.88. The molecule has 0 fully saturated rings. The Hall–Kier alpha value is -1.83. The maximum Gasteiger partial charge on any atom is 0.233 e. The minimum Gasteiger partial charge on any atom is -0.495 e. The Bertz CT molecular complexity index is 627. The molecule has 7 nitrogen and oxygen atoms in total.